The molecule has 0 unspecified atom stereocenters. The van der Waals surface area contributed by atoms with Gasteiger partial charge < -0.3 is 4.52 Å². The Balaban J connectivity index is 1.35. The summed E-state index contributed by atoms with van der Waals surface area (Å²) in [7, 11) is 0. The van der Waals surface area contributed by atoms with E-state index in [2.05, 4.69) is 49.4 Å². The van der Waals surface area contributed by atoms with Gasteiger partial charge in [0.2, 0.25) is 11.7 Å². The van der Waals surface area contributed by atoms with E-state index in [1.54, 1.807) is 12.4 Å². The summed E-state index contributed by atoms with van der Waals surface area (Å²) in [5.74, 6) is 1.31. The maximum absolute atomic E-state index is 5.65. The number of hydrogen-bond donors (Lipinski definition) is 0. The van der Waals surface area contributed by atoms with Crippen molar-refractivity contribution < 1.29 is 4.52 Å². The van der Waals surface area contributed by atoms with Crippen LogP contribution >= 0.6 is 0 Å². The minimum Gasteiger partial charge on any atom is -0.337 e. The van der Waals surface area contributed by atoms with Gasteiger partial charge in [-0.1, -0.05) is 29.4 Å². The van der Waals surface area contributed by atoms with Gasteiger partial charge in [0, 0.05) is 36.9 Å². The first-order valence-corrected chi connectivity index (χ1v) is 9.89. The number of rotatable bonds is 6. The van der Waals surface area contributed by atoms with Crippen molar-refractivity contribution in [1.29, 1.82) is 0 Å². The van der Waals surface area contributed by atoms with Crippen LogP contribution in [0.2, 0.25) is 0 Å². The lowest BCUT2D eigenvalue weighted by molar-refractivity contribution is 0.200. The zero-order chi connectivity index (χ0) is 19.5. The number of pyridine rings is 1. The second-order valence-corrected chi connectivity index (χ2v) is 7.29. The van der Waals surface area contributed by atoms with Crippen molar-refractivity contribution >= 4 is 0 Å². The number of likely N-dealkylation sites (tertiary alicyclic amines) is 1. The Morgan fingerprint density at radius 2 is 1.79 bits per heavy atom. The van der Waals surface area contributed by atoms with Crippen LogP contribution in [0.3, 0.4) is 0 Å². The van der Waals surface area contributed by atoms with Gasteiger partial charge >= 0.3 is 0 Å². The Hall–Kier alpha value is -3.32. The molecule has 5 rings (SSSR count). The molecule has 29 heavy (non-hydrogen) atoms. The normalized spacial score (nSPS) is 17.0. The SMILES string of the molecule is c1ccc(Cn2cccn2)c(CN2CCC[C@H]2c2nc(-c3ccncc3)no2)c1. The van der Waals surface area contributed by atoms with Gasteiger partial charge in [-0.3, -0.25) is 14.6 Å². The lowest BCUT2D eigenvalue weighted by Crippen LogP contribution is -2.24. The molecule has 7 heteroatoms. The van der Waals surface area contributed by atoms with E-state index in [0.29, 0.717) is 11.7 Å². The third kappa shape index (κ3) is 3.82. The second-order valence-electron chi connectivity index (χ2n) is 7.29. The molecule has 0 radical (unpaired) electrons. The predicted molar refractivity (Wildman–Crippen MR) is 108 cm³/mol. The van der Waals surface area contributed by atoms with Crippen LogP contribution in [0, 0.1) is 0 Å². The summed E-state index contributed by atoms with van der Waals surface area (Å²) in [5, 5.41) is 8.53. The number of aromatic nitrogens is 5. The molecule has 146 valence electrons. The van der Waals surface area contributed by atoms with Crippen LogP contribution in [0.1, 0.15) is 35.9 Å². The highest BCUT2D eigenvalue weighted by Gasteiger charge is 2.31. The molecule has 4 heterocycles. The van der Waals surface area contributed by atoms with Crippen LogP contribution in [-0.4, -0.2) is 36.3 Å². The molecule has 1 saturated heterocycles. The Morgan fingerprint density at radius 3 is 2.59 bits per heavy atom. The highest BCUT2D eigenvalue weighted by Crippen LogP contribution is 2.33. The van der Waals surface area contributed by atoms with Crippen LogP contribution in [-0.2, 0) is 13.1 Å². The molecule has 1 aromatic carbocycles. The van der Waals surface area contributed by atoms with Gasteiger partial charge in [0.1, 0.15) is 0 Å². The smallest absolute Gasteiger partial charge is 0.244 e. The van der Waals surface area contributed by atoms with Crippen molar-refractivity contribution in [2.75, 3.05) is 6.54 Å². The number of nitrogens with zero attached hydrogens (tertiary/aromatic N) is 6. The topological polar surface area (TPSA) is 72.9 Å². The van der Waals surface area contributed by atoms with Crippen molar-refractivity contribution in [2.45, 2.75) is 32.0 Å². The highest BCUT2D eigenvalue weighted by atomic mass is 16.5. The van der Waals surface area contributed by atoms with Crippen molar-refractivity contribution in [3.63, 3.8) is 0 Å². The van der Waals surface area contributed by atoms with Gasteiger partial charge in [0.25, 0.3) is 0 Å². The zero-order valence-corrected chi connectivity index (χ0v) is 16.1. The summed E-state index contributed by atoms with van der Waals surface area (Å²) < 4.78 is 7.61. The average Bonchev–Trinajstić information content (AvgIpc) is 3.52. The molecule has 0 amide bonds. The van der Waals surface area contributed by atoms with E-state index in [1.807, 2.05) is 35.3 Å². The van der Waals surface area contributed by atoms with Gasteiger partial charge in [-0.2, -0.15) is 10.1 Å². The van der Waals surface area contributed by atoms with Crippen LogP contribution in [0.4, 0.5) is 0 Å². The van der Waals surface area contributed by atoms with E-state index in [0.717, 1.165) is 38.0 Å². The summed E-state index contributed by atoms with van der Waals surface area (Å²) in [4.78, 5) is 11.2. The van der Waals surface area contributed by atoms with Crippen molar-refractivity contribution in [2.24, 2.45) is 0 Å². The average molecular weight is 386 g/mol. The molecule has 7 nitrogen and oxygen atoms in total. The largest absolute Gasteiger partial charge is 0.337 e. The Bertz CT molecular complexity index is 1060. The van der Waals surface area contributed by atoms with Gasteiger partial charge in [-0.25, -0.2) is 0 Å². The first kappa shape index (κ1) is 17.8. The monoisotopic (exact) mass is 386 g/mol. The molecule has 1 aliphatic heterocycles. The van der Waals surface area contributed by atoms with Gasteiger partial charge in [-0.15, -0.1) is 0 Å². The Morgan fingerprint density at radius 1 is 0.966 bits per heavy atom. The van der Waals surface area contributed by atoms with E-state index in [-0.39, 0.29) is 6.04 Å². The van der Waals surface area contributed by atoms with Crippen LogP contribution in [0.5, 0.6) is 0 Å². The molecular formula is C22H22N6O. The summed E-state index contributed by atoms with van der Waals surface area (Å²) >= 11 is 0. The fourth-order valence-corrected chi connectivity index (χ4v) is 3.94. The molecule has 4 aromatic rings. The van der Waals surface area contributed by atoms with E-state index in [1.165, 1.54) is 11.1 Å². The fourth-order valence-electron chi connectivity index (χ4n) is 3.94. The number of hydrogen-bond acceptors (Lipinski definition) is 6. The second kappa shape index (κ2) is 7.97. The third-order valence-electron chi connectivity index (χ3n) is 5.41. The molecule has 0 spiro atoms. The molecule has 0 saturated carbocycles. The lowest BCUT2D eigenvalue weighted by atomic mass is 10.1. The predicted octanol–water partition coefficient (Wildman–Crippen LogP) is 3.71. The summed E-state index contributed by atoms with van der Waals surface area (Å²) in [6.45, 7) is 2.65. The number of benzene rings is 1. The Kier molecular flexibility index (Phi) is 4.88. The molecular weight excluding hydrogens is 364 g/mol. The molecule has 0 N–H and O–H groups in total. The summed E-state index contributed by atoms with van der Waals surface area (Å²) in [5.41, 5.74) is 3.51. The molecule has 1 fully saturated rings. The molecule has 1 aliphatic rings. The Labute approximate surface area is 169 Å². The van der Waals surface area contributed by atoms with E-state index in [9.17, 15) is 0 Å². The standard InChI is InChI=1S/C22H22N6O/c1-2-6-19(16-28-14-4-10-24-28)18(5-1)15-27-13-3-7-20(27)22-25-21(26-29-22)17-8-11-23-12-9-17/h1-2,4-6,8-12,14,20H,3,7,13,15-16H2/t20-/m0/s1. The zero-order valence-electron chi connectivity index (χ0n) is 16.1. The van der Waals surface area contributed by atoms with E-state index < -0.39 is 0 Å². The van der Waals surface area contributed by atoms with Crippen LogP contribution in [0.25, 0.3) is 11.4 Å². The molecule has 0 aliphatic carbocycles. The lowest BCUT2D eigenvalue weighted by Gasteiger charge is -2.23. The summed E-state index contributed by atoms with van der Waals surface area (Å²) in [6.07, 6.45) is 9.44. The van der Waals surface area contributed by atoms with E-state index >= 15 is 0 Å². The first-order chi connectivity index (χ1) is 14.4. The minimum absolute atomic E-state index is 0.149. The molecule has 1 atom stereocenters. The van der Waals surface area contributed by atoms with Crippen LogP contribution in [0.15, 0.2) is 71.8 Å². The maximum Gasteiger partial charge on any atom is 0.244 e. The van der Waals surface area contributed by atoms with Gasteiger partial charge in [0.05, 0.1) is 12.6 Å². The van der Waals surface area contributed by atoms with Gasteiger partial charge in [0.15, 0.2) is 0 Å². The molecule has 0 bridgehead atoms. The van der Waals surface area contributed by atoms with Gasteiger partial charge in [-0.05, 0) is 48.7 Å². The summed E-state index contributed by atoms with van der Waals surface area (Å²) in [6, 6.07) is 14.5. The maximum atomic E-state index is 5.65. The quantitative estimate of drug-likeness (QED) is 0.503. The van der Waals surface area contributed by atoms with Crippen molar-refractivity contribution in [1.82, 2.24) is 29.8 Å². The third-order valence-corrected chi connectivity index (χ3v) is 5.41. The van der Waals surface area contributed by atoms with Crippen molar-refractivity contribution in [3.8, 4) is 11.4 Å². The van der Waals surface area contributed by atoms with E-state index in [4.69, 9.17) is 4.52 Å². The van der Waals surface area contributed by atoms with Crippen LogP contribution < -0.4 is 0 Å². The first-order valence-electron chi connectivity index (χ1n) is 9.89. The minimum atomic E-state index is 0.149. The molecule has 3 aromatic heterocycles. The van der Waals surface area contributed by atoms with Crippen molar-refractivity contribution in [3.05, 3.63) is 84.3 Å². The fraction of sp³-hybridized carbons (Fsp3) is 0.273. The highest BCUT2D eigenvalue weighted by molar-refractivity contribution is 5.52.